The normalized spacial score (nSPS) is 12.4. The van der Waals surface area contributed by atoms with E-state index in [2.05, 4.69) is 4.98 Å². The number of carbonyl (C=O) groups is 1. The van der Waals surface area contributed by atoms with Gasteiger partial charge < -0.3 is 10.5 Å². The zero-order valence-corrected chi connectivity index (χ0v) is 9.59. The molecule has 4 nitrogen and oxygen atoms in total. The minimum Gasteiger partial charge on any atom is -0.465 e. The number of benzene rings is 1. The second-order valence-corrected chi connectivity index (χ2v) is 3.66. The predicted molar refractivity (Wildman–Crippen MR) is 65.3 cm³/mol. The highest BCUT2D eigenvalue weighted by atomic mass is 16.5. The highest BCUT2D eigenvalue weighted by molar-refractivity contribution is 5.81. The first-order valence-corrected chi connectivity index (χ1v) is 5.50. The third-order valence-electron chi connectivity index (χ3n) is 2.48. The number of hydrogen-bond acceptors (Lipinski definition) is 4. The van der Waals surface area contributed by atoms with Gasteiger partial charge in [-0.1, -0.05) is 24.3 Å². The molecule has 0 amide bonds. The molecule has 0 saturated carbocycles. The van der Waals surface area contributed by atoms with Gasteiger partial charge in [0.15, 0.2) is 0 Å². The molecular formula is C13H14N2O2. The van der Waals surface area contributed by atoms with Crippen molar-refractivity contribution in [3.63, 3.8) is 0 Å². The molecule has 2 aromatic rings. The molecule has 0 aliphatic rings. The molecule has 0 saturated heterocycles. The van der Waals surface area contributed by atoms with E-state index < -0.39 is 12.0 Å². The van der Waals surface area contributed by atoms with Crippen molar-refractivity contribution in [2.75, 3.05) is 6.61 Å². The van der Waals surface area contributed by atoms with E-state index in [0.29, 0.717) is 12.3 Å². The van der Waals surface area contributed by atoms with E-state index in [4.69, 9.17) is 10.5 Å². The van der Waals surface area contributed by atoms with E-state index in [0.717, 1.165) is 10.9 Å². The minimum absolute atomic E-state index is 0.320. The van der Waals surface area contributed by atoms with Gasteiger partial charge in [0.2, 0.25) is 0 Å². The molecule has 4 heteroatoms. The van der Waals surface area contributed by atoms with Crippen LogP contribution in [0.1, 0.15) is 18.7 Å². The zero-order valence-electron chi connectivity index (χ0n) is 9.59. The summed E-state index contributed by atoms with van der Waals surface area (Å²) in [6.07, 6.45) is 0. The van der Waals surface area contributed by atoms with Crippen molar-refractivity contribution >= 4 is 16.9 Å². The van der Waals surface area contributed by atoms with Crippen LogP contribution in [0.15, 0.2) is 36.4 Å². The van der Waals surface area contributed by atoms with Gasteiger partial charge >= 0.3 is 5.97 Å². The van der Waals surface area contributed by atoms with E-state index >= 15 is 0 Å². The number of carbonyl (C=O) groups excluding carboxylic acids is 1. The van der Waals surface area contributed by atoms with Gasteiger partial charge in [-0.3, -0.25) is 4.98 Å². The third-order valence-corrected chi connectivity index (χ3v) is 2.48. The molecule has 0 aliphatic heterocycles. The molecule has 17 heavy (non-hydrogen) atoms. The summed E-state index contributed by atoms with van der Waals surface area (Å²) >= 11 is 0. The Bertz CT molecular complexity index is 540. The fourth-order valence-corrected chi connectivity index (χ4v) is 1.61. The Hall–Kier alpha value is -1.94. The van der Waals surface area contributed by atoms with Gasteiger partial charge in [-0.25, -0.2) is 4.79 Å². The Balaban J connectivity index is 2.32. The van der Waals surface area contributed by atoms with Gasteiger partial charge in [0.05, 0.1) is 17.8 Å². The summed E-state index contributed by atoms with van der Waals surface area (Å²) < 4.78 is 4.87. The summed E-state index contributed by atoms with van der Waals surface area (Å²) in [7, 11) is 0. The van der Waals surface area contributed by atoms with Gasteiger partial charge in [0, 0.05) is 5.39 Å². The summed E-state index contributed by atoms with van der Waals surface area (Å²) in [6.45, 7) is 2.07. The lowest BCUT2D eigenvalue weighted by Crippen LogP contribution is -2.24. The van der Waals surface area contributed by atoms with Crippen molar-refractivity contribution in [3.05, 3.63) is 42.1 Å². The van der Waals surface area contributed by atoms with Gasteiger partial charge in [0.1, 0.15) is 6.04 Å². The number of nitrogens with two attached hydrogens (primary N) is 1. The van der Waals surface area contributed by atoms with Crippen molar-refractivity contribution in [2.45, 2.75) is 13.0 Å². The van der Waals surface area contributed by atoms with E-state index in [1.165, 1.54) is 0 Å². The lowest BCUT2D eigenvalue weighted by molar-refractivity contribution is -0.144. The SMILES string of the molecule is CCOC(=O)C(N)c1ccc2ccccc2n1. The van der Waals surface area contributed by atoms with Gasteiger partial charge in [-0.05, 0) is 19.1 Å². The molecule has 1 aromatic heterocycles. The monoisotopic (exact) mass is 230 g/mol. The first-order chi connectivity index (χ1) is 8.22. The van der Waals surface area contributed by atoms with Crippen LogP contribution in [0.3, 0.4) is 0 Å². The average molecular weight is 230 g/mol. The molecule has 0 spiro atoms. The van der Waals surface area contributed by atoms with Crippen LogP contribution in [0.4, 0.5) is 0 Å². The summed E-state index contributed by atoms with van der Waals surface area (Å²) in [6, 6.07) is 10.5. The summed E-state index contributed by atoms with van der Waals surface area (Å²) in [5, 5.41) is 1.02. The number of nitrogens with zero attached hydrogens (tertiary/aromatic N) is 1. The fourth-order valence-electron chi connectivity index (χ4n) is 1.61. The van der Waals surface area contributed by atoms with Crippen LogP contribution in [0.25, 0.3) is 10.9 Å². The van der Waals surface area contributed by atoms with Crippen LogP contribution in [0.2, 0.25) is 0 Å². The van der Waals surface area contributed by atoms with Crippen LogP contribution in [0, 0.1) is 0 Å². The Morgan fingerprint density at radius 3 is 2.88 bits per heavy atom. The molecular weight excluding hydrogens is 216 g/mol. The quantitative estimate of drug-likeness (QED) is 0.816. The lowest BCUT2D eigenvalue weighted by atomic mass is 10.1. The Kier molecular flexibility index (Phi) is 3.35. The van der Waals surface area contributed by atoms with E-state index in [1.54, 1.807) is 13.0 Å². The van der Waals surface area contributed by atoms with E-state index in [9.17, 15) is 4.79 Å². The molecule has 1 heterocycles. The lowest BCUT2D eigenvalue weighted by Gasteiger charge is -2.10. The van der Waals surface area contributed by atoms with Crippen LogP contribution >= 0.6 is 0 Å². The summed E-state index contributed by atoms with van der Waals surface area (Å²) in [4.78, 5) is 15.8. The number of ether oxygens (including phenoxy) is 1. The first kappa shape index (κ1) is 11.5. The maximum atomic E-state index is 11.5. The van der Waals surface area contributed by atoms with Gasteiger partial charge in [-0.2, -0.15) is 0 Å². The van der Waals surface area contributed by atoms with Gasteiger partial charge in [-0.15, -0.1) is 0 Å². The summed E-state index contributed by atoms with van der Waals surface area (Å²) in [5.74, 6) is -0.449. The highest BCUT2D eigenvalue weighted by Crippen LogP contribution is 2.16. The van der Waals surface area contributed by atoms with Crippen LogP contribution in [-0.4, -0.2) is 17.6 Å². The summed E-state index contributed by atoms with van der Waals surface area (Å²) in [5.41, 5.74) is 7.13. The van der Waals surface area contributed by atoms with Gasteiger partial charge in [0.25, 0.3) is 0 Å². The fraction of sp³-hybridized carbons (Fsp3) is 0.231. The van der Waals surface area contributed by atoms with Crippen molar-refractivity contribution < 1.29 is 9.53 Å². The number of para-hydroxylation sites is 1. The maximum Gasteiger partial charge on any atom is 0.329 e. The Morgan fingerprint density at radius 1 is 1.35 bits per heavy atom. The number of esters is 1. The van der Waals surface area contributed by atoms with Crippen LogP contribution in [-0.2, 0) is 9.53 Å². The van der Waals surface area contributed by atoms with Crippen LogP contribution < -0.4 is 5.73 Å². The number of pyridine rings is 1. The number of hydrogen-bond donors (Lipinski definition) is 1. The Labute approximate surface area is 99.4 Å². The highest BCUT2D eigenvalue weighted by Gasteiger charge is 2.18. The average Bonchev–Trinajstić information content (AvgIpc) is 2.37. The molecule has 0 fully saturated rings. The van der Waals surface area contributed by atoms with Crippen molar-refractivity contribution in [2.24, 2.45) is 5.73 Å². The second-order valence-electron chi connectivity index (χ2n) is 3.66. The second kappa shape index (κ2) is 4.93. The first-order valence-electron chi connectivity index (χ1n) is 5.50. The zero-order chi connectivity index (χ0) is 12.3. The minimum atomic E-state index is -0.820. The predicted octanol–water partition coefficient (Wildman–Crippen LogP) is 1.80. The third kappa shape index (κ3) is 2.42. The van der Waals surface area contributed by atoms with Crippen molar-refractivity contribution in [3.8, 4) is 0 Å². The largest absolute Gasteiger partial charge is 0.465 e. The van der Waals surface area contributed by atoms with Crippen molar-refractivity contribution in [1.29, 1.82) is 0 Å². The molecule has 0 aliphatic carbocycles. The number of fused-ring (bicyclic) bond motifs is 1. The van der Waals surface area contributed by atoms with E-state index in [1.807, 2.05) is 30.3 Å². The topological polar surface area (TPSA) is 65.2 Å². The molecule has 2 N–H and O–H groups in total. The number of rotatable bonds is 3. The smallest absolute Gasteiger partial charge is 0.329 e. The molecule has 1 aromatic carbocycles. The molecule has 1 unspecified atom stereocenters. The molecule has 88 valence electrons. The Morgan fingerprint density at radius 2 is 2.12 bits per heavy atom. The molecule has 0 bridgehead atoms. The van der Waals surface area contributed by atoms with Crippen molar-refractivity contribution in [1.82, 2.24) is 4.98 Å². The van der Waals surface area contributed by atoms with E-state index in [-0.39, 0.29) is 0 Å². The standard InChI is InChI=1S/C13H14N2O2/c1-2-17-13(16)12(14)11-8-7-9-5-3-4-6-10(9)15-11/h3-8,12H,2,14H2,1H3. The molecule has 2 rings (SSSR count). The maximum absolute atomic E-state index is 11.5. The molecule has 1 atom stereocenters. The number of aromatic nitrogens is 1. The van der Waals surface area contributed by atoms with Crippen LogP contribution in [0.5, 0.6) is 0 Å². The molecule has 0 radical (unpaired) electrons.